The summed E-state index contributed by atoms with van der Waals surface area (Å²) in [5.74, 6) is -1.65. The van der Waals surface area contributed by atoms with Gasteiger partial charge in [-0.3, -0.25) is 4.79 Å². The average molecular weight is 531 g/mol. The summed E-state index contributed by atoms with van der Waals surface area (Å²) in [4.78, 5) is 18.0. The lowest BCUT2D eigenvalue weighted by Gasteiger charge is -2.33. The predicted molar refractivity (Wildman–Crippen MR) is 127 cm³/mol. The molecule has 1 amide bonds. The van der Waals surface area contributed by atoms with E-state index in [1.54, 1.807) is 4.90 Å². The molecule has 2 aromatic rings. The van der Waals surface area contributed by atoms with Crippen LogP contribution in [0.4, 0.5) is 23.4 Å². The molecule has 7 nitrogen and oxygen atoms in total. The third kappa shape index (κ3) is 6.15. The number of hydrogen-bond acceptors (Lipinski definition) is 5. The molecule has 1 aromatic carbocycles. The van der Waals surface area contributed by atoms with Crippen LogP contribution in [0.15, 0.2) is 35.2 Å². The third-order valence-electron chi connectivity index (χ3n) is 6.39. The summed E-state index contributed by atoms with van der Waals surface area (Å²) in [7, 11) is -1.41. The lowest BCUT2D eigenvalue weighted by atomic mass is 9.98. The number of rotatable bonds is 7. The Bertz CT molecular complexity index is 1210. The molecular formula is C24H30F4N4O3S. The van der Waals surface area contributed by atoms with Gasteiger partial charge in [-0.15, -0.1) is 0 Å². The van der Waals surface area contributed by atoms with Gasteiger partial charge in [-0.2, -0.15) is 13.2 Å². The number of benzene rings is 1. The zero-order chi connectivity index (χ0) is 26.8. The fourth-order valence-corrected chi connectivity index (χ4v) is 4.89. The van der Waals surface area contributed by atoms with E-state index >= 15 is 0 Å². The van der Waals surface area contributed by atoms with Gasteiger partial charge in [0.1, 0.15) is 22.2 Å². The number of carbonyl (C=O) groups excluding carboxylic acids is 1. The molecule has 1 atom stereocenters. The summed E-state index contributed by atoms with van der Waals surface area (Å²) < 4.78 is 79.8. The van der Waals surface area contributed by atoms with Gasteiger partial charge >= 0.3 is 6.18 Å². The Morgan fingerprint density at radius 3 is 2.39 bits per heavy atom. The largest absolute Gasteiger partial charge is 0.433 e. The monoisotopic (exact) mass is 530 g/mol. The molecule has 0 radical (unpaired) electrons. The van der Waals surface area contributed by atoms with E-state index in [-0.39, 0.29) is 17.9 Å². The Morgan fingerprint density at radius 1 is 1.19 bits per heavy atom. The van der Waals surface area contributed by atoms with Crippen molar-refractivity contribution in [3.63, 3.8) is 0 Å². The third-order valence-corrected chi connectivity index (χ3v) is 8.24. The van der Waals surface area contributed by atoms with Gasteiger partial charge in [0.05, 0.1) is 5.92 Å². The summed E-state index contributed by atoms with van der Waals surface area (Å²) in [6.45, 7) is 4.68. The van der Waals surface area contributed by atoms with E-state index in [4.69, 9.17) is 0 Å². The molecule has 1 aromatic heterocycles. The topological polar surface area (TPSA) is 82.6 Å². The molecular weight excluding hydrogens is 500 g/mol. The first-order valence-corrected chi connectivity index (χ1v) is 13.0. The summed E-state index contributed by atoms with van der Waals surface area (Å²) in [6, 6.07) is 5.68. The number of sulfonamides is 1. The summed E-state index contributed by atoms with van der Waals surface area (Å²) in [5, 5.41) is 2.69. The number of alkyl halides is 3. The van der Waals surface area contributed by atoms with Crippen molar-refractivity contribution in [3.8, 4) is 0 Å². The van der Waals surface area contributed by atoms with E-state index in [0.29, 0.717) is 24.6 Å². The molecule has 12 heteroatoms. The van der Waals surface area contributed by atoms with Gasteiger partial charge in [0.2, 0.25) is 15.9 Å². The molecule has 36 heavy (non-hydrogen) atoms. The van der Waals surface area contributed by atoms with E-state index in [1.807, 2.05) is 0 Å². The minimum Gasteiger partial charge on any atom is -0.356 e. The van der Waals surface area contributed by atoms with Crippen molar-refractivity contribution in [1.82, 2.24) is 14.6 Å². The second-order valence-electron chi connectivity index (χ2n) is 9.26. The van der Waals surface area contributed by atoms with Crippen molar-refractivity contribution < 1.29 is 30.8 Å². The van der Waals surface area contributed by atoms with Crippen molar-refractivity contribution in [3.05, 3.63) is 53.0 Å². The number of pyridine rings is 1. The van der Waals surface area contributed by atoms with E-state index in [1.165, 1.54) is 33.2 Å². The first kappa shape index (κ1) is 27.9. The van der Waals surface area contributed by atoms with Crippen LogP contribution in [0.2, 0.25) is 0 Å². The number of hydrogen-bond donors (Lipinski definition) is 1. The van der Waals surface area contributed by atoms with Gasteiger partial charge in [-0.05, 0) is 49.4 Å². The molecule has 1 unspecified atom stereocenters. The Kier molecular flexibility index (Phi) is 8.29. The van der Waals surface area contributed by atoms with E-state index < -0.39 is 44.4 Å². The highest BCUT2D eigenvalue weighted by Gasteiger charge is 2.34. The maximum atomic E-state index is 14.6. The fourth-order valence-electron chi connectivity index (χ4n) is 3.95. The number of carbonyl (C=O) groups is 1. The van der Waals surface area contributed by atoms with Gasteiger partial charge < -0.3 is 10.2 Å². The molecule has 1 fully saturated rings. The molecule has 198 valence electrons. The maximum absolute atomic E-state index is 14.6. The van der Waals surface area contributed by atoms with Gasteiger partial charge in [-0.1, -0.05) is 19.1 Å². The molecule has 0 spiro atoms. The first-order valence-electron chi connectivity index (χ1n) is 11.5. The summed E-state index contributed by atoms with van der Waals surface area (Å²) in [6.07, 6.45) is -2.94. The SMILES string of the molecule is CC1CCN(c2nc(C(F)(F)F)ccc2CNC(=O)C(C)c2ccc(S(=O)(=O)N(C)C)c(F)c2)CC1. The number of piperidine rings is 1. The summed E-state index contributed by atoms with van der Waals surface area (Å²) in [5.41, 5.74) is -0.294. The number of aromatic nitrogens is 1. The van der Waals surface area contributed by atoms with Crippen LogP contribution in [-0.4, -0.2) is 50.8 Å². The van der Waals surface area contributed by atoms with Gasteiger partial charge in [0.25, 0.3) is 0 Å². The standard InChI is InChI=1S/C24H30F4N4O3S/c1-15-9-11-32(12-10-15)22-18(6-8-21(30-22)24(26,27)28)14-29-23(33)16(2)17-5-7-20(19(25)13-17)36(34,35)31(3)4/h5-8,13,15-16H,9-12,14H2,1-4H3,(H,29,33). The van der Waals surface area contributed by atoms with E-state index in [9.17, 15) is 30.8 Å². The minimum absolute atomic E-state index is 0.0642. The predicted octanol–water partition coefficient (Wildman–Crippen LogP) is 4.15. The Hall–Kier alpha value is -2.73. The Balaban J connectivity index is 1.78. The lowest BCUT2D eigenvalue weighted by molar-refractivity contribution is -0.141. The molecule has 3 rings (SSSR count). The zero-order valence-corrected chi connectivity index (χ0v) is 21.4. The van der Waals surface area contributed by atoms with Crippen LogP contribution in [-0.2, 0) is 27.5 Å². The molecule has 1 aliphatic rings. The number of amides is 1. The number of anilines is 1. The highest BCUT2D eigenvalue weighted by molar-refractivity contribution is 7.89. The fraction of sp³-hybridized carbons (Fsp3) is 0.500. The maximum Gasteiger partial charge on any atom is 0.433 e. The number of nitrogens with zero attached hydrogens (tertiary/aromatic N) is 3. The highest BCUT2D eigenvalue weighted by Crippen LogP contribution is 2.32. The second kappa shape index (κ2) is 10.7. The van der Waals surface area contributed by atoms with E-state index in [2.05, 4.69) is 17.2 Å². The van der Waals surface area contributed by atoms with Crippen molar-refractivity contribution in [2.45, 2.75) is 50.2 Å². The van der Waals surface area contributed by atoms with Crippen LogP contribution in [0.25, 0.3) is 0 Å². The molecule has 2 heterocycles. The number of nitrogens with one attached hydrogen (secondary N) is 1. The van der Waals surface area contributed by atoms with Crippen LogP contribution >= 0.6 is 0 Å². The van der Waals surface area contributed by atoms with Gasteiger partial charge in [-0.25, -0.2) is 22.1 Å². The van der Waals surface area contributed by atoms with Crippen LogP contribution < -0.4 is 10.2 Å². The highest BCUT2D eigenvalue weighted by atomic mass is 32.2. The van der Waals surface area contributed by atoms with Crippen LogP contribution in [0.5, 0.6) is 0 Å². The molecule has 0 bridgehead atoms. The Morgan fingerprint density at radius 2 is 1.83 bits per heavy atom. The Labute approximate surface area is 208 Å². The number of halogens is 4. The van der Waals surface area contributed by atoms with Crippen LogP contribution in [0.3, 0.4) is 0 Å². The molecule has 1 saturated heterocycles. The normalized spacial score (nSPS) is 16.3. The van der Waals surface area contributed by atoms with Gasteiger partial charge in [0.15, 0.2) is 0 Å². The lowest BCUT2D eigenvalue weighted by Crippen LogP contribution is -2.35. The molecule has 0 aliphatic carbocycles. The van der Waals surface area contributed by atoms with Crippen LogP contribution in [0, 0.1) is 11.7 Å². The van der Waals surface area contributed by atoms with Crippen LogP contribution in [0.1, 0.15) is 49.4 Å². The van der Waals surface area contributed by atoms with Gasteiger partial charge in [0, 0.05) is 39.3 Å². The smallest absolute Gasteiger partial charge is 0.356 e. The molecule has 0 saturated carbocycles. The van der Waals surface area contributed by atoms with Crippen molar-refractivity contribution >= 4 is 21.7 Å². The zero-order valence-electron chi connectivity index (χ0n) is 20.6. The van der Waals surface area contributed by atoms with Crippen molar-refractivity contribution in [1.29, 1.82) is 0 Å². The average Bonchev–Trinajstić information content (AvgIpc) is 2.81. The molecule has 1 aliphatic heterocycles. The first-order chi connectivity index (χ1) is 16.7. The summed E-state index contributed by atoms with van der Waals surface area (Å²) >= 11 is 0. The molecule has 1 N–H and O–H groups in total. The van der Waals surface area contributed by atoms with Crippen molar-refractivity contribution in [2.75, 3.05) is 32.1 Å². The van der Waals surface area contributed by atoms with E-state index in [0.717, 1.165) is 35.3 Å². The van der Waals surface area contributed by atoms with Crippen molar-refractivity contribution in [2.24, 2.45) is 5.92 Å². The second-order valence-corrected chi connectivity index (χ2v) is 11.4. The quantitative estimate of drug-likeness (QED) is 0.544. The minimum atomic E-state index is -4.59.